The highest BCUT2D eigenvalue weighted by Crippen LogP contribution is 2.27. The van der Waals surface area contributed by atoms with Crippen LogP contribution >= 0.6 is 0 Å². The normalized spacial score (nSPS) is 17.0. The van der Waals surface area contributed by atoms with Gasteiger partial charge in [-0.05, 0) is 25.0 Å². The van der Waals surface area contributed by atoms with Crippen molar-refractivity contribution in [1.29, 1.82) is 5.26 Å². The SMILES string of the molecule is N#CC1(NC(=O)Cn2c(=O)oc3ccccc32)CCCCC1. The molecule has 0 bridgehead atoms. The van der Waals surface area contributed by atoms with Crippen molar-refractivity contribution in [2.24, 2.45) is 0 Å². The first-order valence-corrected chi connectivity index (χ1v) is 7.44. The van der Waals surface area contributed by atoms with E-state index in [-0.39, 0.29) is 12.5 Å². The summed E-state index contributed by atoms with van der Waals surface area (Å²) in [5.74, 6) is -0.900. The number of carbonyl (C=O) groups excluding carboxylic acids is 1. The number of fused-ring (bicyclic) bond motifs is 1. The van der Waals surface area contributed by atoms with Gasteiger partial charge in [-0.1, -0.05) is 31.4 Å². The second-order valence-corrected chi connectivity index (χ2v) is 5.72. The zero-order valence-corrected chi connectivity index (χ0v) is 12.2. The molecule has 0 unspecified atom stereocenters. The van der Waals surface area contributed by atoms with Crippen molar-refractivity contribution in [2.45, 2.75) is 44.2 Å². The molecule has 6 heteroatoms. The highest BCUT2D eigenvalue weighted by atomic mass is 16.4. The fourth-order valence-corrected chi connectivity index (χ4v) is 3.03. The fraction of sp³-hybridized carbons (Fsp3) is 0.438. The van der Waals surface area contributed by atoms with Crippen LogP contribution in [-0.2, 0) is 11.3 Å². The topological polar surface area (TPSA) is 88.0 Å². The second-order valence-electron chi connectivity index (χ2n) is 5.72. The molecule has 1 fully saturated rings. The summed E-state index contributed by atoms with van der Waals surface area (Å²) < 4.78 is 6.39. The van der Waals surface area contributed by atoms with E-state index in [4.69, 9.17) is 4.42 Å². The lowest BCUT2D eigenvalue weighted by molar-refractivity contribution is -0.123. The second kappa shape index (κ2) is 5.68. The summed E-state index contributed by atoms with van der Waals surface area (Å²) >= 11 is 0. The van der Waals surface area contributed by atoms with Crippen molar-refractivity contribution in [3.8, 4) is 6.07 Å². The number of nitrogens with zero attached hydrogens (tertiary/aromatic N) is 2. The number of rotatable bonds is 3. The smallest absolute Gasteiger partial charge is 0.408 e. The number of nitriles is 1. The Kier molecular flexibility index (Phi) is 3.72. The van der Waals surface area contributed by atoms with Crippen molar-refractivity contribution in [2.75, 3.05) is 0 Å². The Balaban J connectivity index is 1.80. The highest BCUT2D eigenvalue weighted by Gasteiger charge is 2.33. The van der Waals surface area contributed by atoms with Gasteiger partial charge in [-0.15, -0.1) is 0 Å². The van der Waals surface area contributed by atoms with E-state index in [1.54, 1.807) is 24.3 Å². The Morgan fingerprint density at radius 1 is 1.32 bits per heavy atom. The molecule has 1 amide bonds. The molecule has 3 rings (SSSR count). The van der Waals surface area contributed by atoms with Crippen LogP contribution < -0.4 is 11.1 Å². The maximum absolute atomic E-state index is 12.3. The van der Waals surface area contributed by atoms with Crippen molar-refractivity contribution in [1.82, 2.24) is 9.88 Å². The molecule has 1 aliphatic carbocycles. The van der Waals surface area contributed by atoms with E-state index < -0.39 is 11.3 Å². The van der Waals surface area contributed by atoms with Crippen LogP contribution in [0.4, 0.5) is 0 Å². The molecule has 0 aliphatic heterocycles. The third-order valence-electron chi connectivity index (χ3n) is 4.18. The van der Waals surface area contributed by atoms with Gasteiger partial charge in [-0.2, -0.15) is 5.26 Å². The number of carbonyl (C=O) groups is 1. The first-order valence-electron chi connectivity index (χ1n) is 7.44. The van der Waals surface area contributed by atoms with Gasteiger partial charge in [0.1, 0.15) is 12.1 Å². The maximum atomic E-state index is 12.3. The molecule has 22 heavy (non-hydrogen) atoms. The quantitative estimate of drug-likeness (QED) is 0.938. The Morgan fingerprint density at radius 3 is 2.77 bits per heavy atom. The van der Waals surface area contributed by atoms with Crippen LogP contribution in [0.3, 0.4) is 0 Å². The standard InChI is InChI=1S/C16H17N3O3/c17-11-16(8-4-1-5-9-16)18-14(20)10-19-12-6-2-3-7-13(12)22-15(19)21/h2-3,6-7H,1,4-5,8-10H2,(H,18,20). The molecule has 0 spiro atoms. The maximum Gasteiger partial charge on any atom is 0.420 e. The van der Waals surface area contributed by atoms with Gasteiger partial charge in [0.2, 0.25) is 5.91 Å². The molecule has 0 radical (unpaired) electrons. The molecule has 1 heterocycles. The number of aromatic nitrogens is 1. The number of nitrogens with one attached hydrogen (secondary N) is 1. The summed E-state index contributed by atoms with van der Waals surface area (Å²) in [5, 5.41) is 12.2. The average molecular weight is 299 g/mol. The van der Waals surface area contributed by atoms with Crippen molar-refractivity contribution < 1.29 is 9.21 Å². The lowest BCUT2D eigenvalue weighted by atomic mass is 9.83. The summed E-state index contributed by atoms with van der Waals surface area (Å²) in [5.41, 5.74) is 0.239. The van der Waals surface area contributed by atoms with Crippen molar-refractivity contribution in [3.63, 3.8) is 0 Å². The number of para-hydroxylation sites is 2. The minimum absolute atomic E-state index is 0.140. The fourth-order valence-electron chi connectivity index (χ4n) is 3.03. The van der Waals surface area contributed by atoms with Gasteiger partial charge in [0.15, 0.2) is 5.58 Å². The first kappa shape index (κ1) is 14.4. The van der Waals surface area contributed by atoms with Crippen LogP contribution in [0.1, 0.15) is 32.1 Å². The van der Waals surface area contributed by atoms with Gasteiger partial charge in [-0.3, -0.25) is 9.36 Å². The van der Waals surface area contributed by atoms with Crippen LogP contribution in [0, 0.1) is 11.3 Å². The predicted octanol–water partition coefficient (Wildman–Crippen LogP) is 1.94. The minimum Gasteiger partial charge on any atom is -0.408 e. The van der Waals surface area contributed by atoms with Crippen LogP contribution in [0.25, 0.3) is 11.1 Å². The Hall–Kier alpha value is -2.55. The van der Waals surface area contributed by atoms with E-state index in [9.17, 15) is 14.9 Å². The molecule has 1 aromatic carbocycles. The van der Waals surface area contributed by atoms with Crippen LogP contribution in [0.2, 0.25) is 0 Å². The number of benzene rings is 1. The lowest BCUT2D eigenvalue weighted by Crippen LogP contribution is -2.50. The number of oxazole rings is 1. The predicted molar refractivity (Wildman–Crippen MR) is 80.0 cm³/mol. The van der Waals surface area contributed by atoms with Gasteiger partial charge < -0.3 is 9.73 Å². The Labute approximate surface area is 127 Å². The van der Waals surface area contributed by atoms with E-state index in [0.717, 1.165) is 19.3 Å². The third kappa shape index (κ3) is 2.62. The van der Waals surface area contributed by atoms with Gasteiger partial charge in [0.05, 0.1) is 11.6 Å². The molecule has 1 aromatic heterocycles. The molecule has 0 saturated heterocycles. The first-order chi connectivity index (χ1) is 10.6. The molecule has 6 nitrogen and oxygen atoms in total. The summed E-state index contributed by atoms with van der Waals surface area (Å²) in [6.07, 6.45) is 4.28. The van der Waals surface area contributed by atoms with Crippen LogP contribution in [0.5, 0.6) is 0 Å². The van der Waals surface area contributed by atoms with Gasteiger partial charge >= 0.3 is 5.76 Å². The summed E-state index contributed by atoms with van der Waals surface area (Å²) in [4.78, 5) is 24.1. The number of hydrogen-bond acceptors (Lipinski definition) is 4. The number of amides is 1. The zero-order chi connectivity index (χ0) is 15.6. The molecule has 1 aliphatic rings. The molecule has 0 atom stereocenters. The molecule has 1 N–H and O–H groups in total. The molecule has 1 saturated carbocycles. The largest absolute Gasteiger partial charge is 0.420 e. The zero-order valence-electron chi connectivity index (χ0n) is 12.2. The van der Waals surface area contributed by atoms with E-state index >= 15 is 0 Å². The monoisotopic (exact) mass is 299 g/mol. The van der Waals surface area contributed by atoms with Gasteiger partial charge in [0.25, 0.3) is 0 Å². The lowest BCUT2D eigenvalue weighted by Gasteiger charge is -2.31. The Bertz CT molecular complexity index is 791. The van der Waals surface area contributed by atoms with Gasteiger partial charge in [-0.25, -0.2) is 4.79 Å². The van der Waals surface area contributed by atoms with E-state index in [0.29, 0.717) is 23.9 Å². The Morgan fingerprint density at radius 2 is 2.05 bits per heavy atom. The van der Waals surface area contributed by atoms with Crippen LogP contribution in [-0.4, -0.2) is 16.0 Å². The van der Waals surface area contributed by atoms with E-state index in [2.05, 4.69) is 11.4 Å². The summed E-state index contributed by atoms with van der Waals surface area (Å²) in [6.45, 7) is -0.140. The highest BCUT2D eigenvalue weighted by molar-refractivity contribution is 5.80. The van der Waals surface area contributed by atoms with E-state index in [1.165, 1.54) is 4.57 Å². The van der Waals surface area contributed by atoms with Crippen LogP contribution in [0.15, 0.2) is 33.5 Å². The third-order valence-corrected chi connectivity index (χ3v) is 4.18. The summed E-state index contributed by atoms with van der Waals surface area (Å²) in [6, 6.07) is 9.20. The average Bonchev–Trinajstić information content (AvgIpc) is 2.84. The van der Waals surface area contributed by atoms with Crippen molar-refractivity contribution in [3.05, 3.63) is 34.8 Å². The molecule has 2 aromatic rings. The van der Waals surface area contributed by atoms with Crippen molar-refractivity contribution >= 4 is 17.0 Å². The summed E-state index contributed by atoms with van der Waals surface area (Å²) in [7, 11) is 0. The minimum atomic E-state index is -0.793. The molecular weight excluding hydrogens is 282 g/mol. The number of hydrogen-bond donors (Lipinski definition) is 1. The molecular formula is C16H17N3O3. The van der Waals surface area contributed by atoms with Gasteiger partial charge in [0, 0.05) is 0 Å². The molecule has 114 valence electrons. The van der Waals surface area contributed by atoms with E-state index in [1.807, 2.05) is 0 Å².